The van der Waals surface area contributed by atoms with E-state index in [0.717, 1.165) is 11.6 Å². The van der Waals surface area contributed by atoms with Crippen molar-refractivity contribution in [3.63, 3.8) is 0 Å². The quantitative estimate of drug-likeness (QED) is 0.787. The molecule has 0 bridgehead atoms. The Hall–Kier alpha value is -1.74. The van der Waals surface area contributed by atoms with Gasteiger partial charge in [-0.15, -0.1) is 0 Å². The number of benzene rings is 1. The number of Topliss-reactive ketones (excluding diaryl/α,β-unsaturated/α-hetero) is 1. The Kier molecular flexibility index (Phi) is 3.72. The molecule has 1 unspecified atom stereocenters. The molecule has 0 fully saturated rings. The highest BCUT2D eigenvalue weighted by Crippen LogP contribution is 2.25. The lowest BCUT2D eigenvalue weighted by Crippen LogP contribution is -2.10. The Labute approximate surface area is 109 Å². The number of ketones is 1. The number of carbonyl (C=O) groups excluding carboxylic acids is 1. The summed E-state index contributed by atoms with van der Waals surface area (Å²) in [6.07, 6.45) is 3.26. The molecule has 2 aromatic rings. The Bertz CT molecular complexity index is 571. The first kappa shape index (κ1) is 12.7. The Morgan fingerprint density at radius 2 is 1.94 bits per heavy atom. The minimum absolute atomic E-state index is 0.133. The summed E-state index contributed by atoms with van der Waals surface area (Å²) < 4.78 is 12.9. The number of hydrogen-bond donors (Lipinski definition) is 0. The summed E-state index contributed by atoms with van der Waals surface area (Å²) in [5, 5.41) is 0.140. The van der Waals surface area contributed by atoms with Crippen molar-refractivity contribution in [1.82, 2.24) is 4.98 Å². The molecule has 0 radical (unpaired) electrons. The zero-order valence-corrected chi connectivity index (χ0v) is 10.5. The van der Waals surface area contributed by atoms with Crippen molar-refractivity contribution in [3.05, 3.63) is 64.7 Å². The number of nitrogens with zero attached hydrogens (tertiary/aromatic N) is 1. The monoisotopic (exact) mass is 263 g/mol. The molecule has 18 heavy (non-hydrogen) atoms. The second-order valence-corrected chi connectivity index (χ2v) is 4.40. The predicted octanol–water partition coefficient (Wildman–Crippen LogP) is 3.86. The summed E-state index contributed by atoms with van der Waals surface area (Å²) >= 11 is 5.88. The first-order chi connectivity index (χ1) is 8.59. The SMILES string of the molecule is CC(C(=O)c1ccc(F)cc1Cl)c1ccncc1. The summed E-state index contributed by atoms with van der Waals surface area (Å²) in [6.45, 7) is 1.79. The van der Waals surface area contributed by atoms with Crippen LogP contribution in [0.25, 0.3) is 0 Å². The number of hydrogen-bond acceptors (Lipinski definition) is 2. The smallest absolute Gasteiger partial charge is 0.171 e. The maximum absolute atomic E-state index is 12.9. The molecule has 0 amide bonds. The van der Waals surface area contributed by atoms with Gasteiger partial charge in [-0.25, -0.2) is 4.39 Å². The van der Waals surface area contributed by atoms with Crippen LogP contribution in [0.1, 0.15) is 28.8 Å². The van der Waals surface area contributed by atoms with E-state index in [2.05, 4.69) is 4.98 Å². The van der Waals surface area contributed by atoms with Crippen molar-refractivity contribution in [2.24, 2.45) is 0 Å². The molecule has 0 saturated heterocycles. The number of pyridine rings is 1. The highest BCUT2D eigenvalue weighted by atomic mass is 35.5. The van der Waals surface area contributed by atoms with Crippen molar-refractivity contribution in [2.45, 2.75) is 12.8 Å². The van der Waals surface area contributed by atoms with Crippen LogP contribution < -0.4 is 0 Å². The lowest BCUT2D eigenvalue weighted by atomic mass is 9.93. The summed E-state index contributed by atoms with van der Waals surface area (Å²) in [6, 6.07) is 7.35. The molecule has 2 rings (SSSR count). The summed E-state index contributed by atoms with van der Waals surface area (Å²) in [5.74, 6) is -0.921. The third-order valence-corrected chi connectivity index (χ3v) is 3.11. The molecule has 1 aromatic carbocycles. The molecule has 0 aliphatic rings. The second-order valence-electron chi connectivity index (χ2n) is 3.99. The van der Waals surface area contributed by atoms with E-state index in [1.54, 1.807) is 31.5 Å². The van der Waals surface area contributed by atoms with E-state index in [1.807, 2.05) is 0 Å². The van der Waals surface area contributed by atoms with Gasteiger partial charge in [-0.2, -0.15) is 0 Å². The van der Waals surface area contributed by atoms with Gasteiger partial charge in [0.25, 0.3) is 0 Å². The highest BCUT2D eigenvalue weighted by molar-refractivity contribution is 6.34. The molecular formula is C14H11ClFNO. The third kappa shape index (κ3) is 2.57. The number of carbonyl (C=O) groups is 1. The van der Waals surface area contributed by atoms with Gasteiger partial charge in [0.05, 0.1) is 5.02 Å². The second kappa shape index (κ2) is 5.27. The van der Waals surface area contributed by atoms with E-state index in [4.69, 9.17) is 11.6 Å². The fourth-order valence-corrected chi connectivity index (χ4v) is 1.99. The maximum Gasteiger partial charge on any atom is 0.171 e. The minimum atomic E-state index is -0.451. The molecule has 0 N–H and O–H groups in total. The van der Waals surface area contributed by atoms with Crippen molar-refractivity contribution < 1.29 is 9.18 Å². The van der Waals surface area contributed by atoms with Gasteiger partial charge in [0, 0.05) is 23.9 Å². The molecule has 1 aromatic heterocycles. The van der Waals surface area contributed by atoms with Crippen LogP contribution in [-0.4, -0.2) is 10.8 Å². The van der Waals surface area contributed by atoms with Crippen LogP contribution in [0.5, 0.6) is 0 Å². The zero-order valence-electron chi connectivity index (χ0n) is 9.73. The lowest BCUT2D eigenvalue weighted by molar-refractivity contribution is 0.0966. The van der Waals surface area contributed by atoms with Crippen molar-refractivity contribution in [3.8, 4) is 0 Å². The van der Waals surface area contributed by atoms with Gasteiger partial charge >= 0.3 is 0 Å². The van der Waals surface area contributed by atoms with E-state index in [1.165, 1.54) is 12.1 Å². The summed E-state index contributed by atoms with van der Waals surface area (Å²) in [4.78, 5) is 16.2. The van der Waals surface area contributed by atoms with Gasteiger partial charge in [0.1, 0.15) is 5.82 Å². The largest absolute Gasteiger partial charge is 0.293 e. The van der Waals surface area contributed by atoms with Gasteiger partial charge in [-0.1, -0.05) is 18.5 Å². The van der Waals surface area contributed by atoms with Gasteiger partial charge in [-0.05, 0) is 35.9 Å². The lowest BCUT2D eigenvalue weighted by Gasteiger charge is -2.11. The van der Waals surface area contributed by atoms with Crippen LogP contribution in [0, 0.1) is 5.82 Å². The number of rotatable bonds is 3. The topological polar surface area (TPSA) is 30.0 Å². The van der Waals surface area contributed by atoms with Gasteiger partial charge in [0.2, 0.25) is 0 Å². The van der Waals surface area contributed by atoms with E-state index < -0.39 is 5.82 Å². The predicted molar refractivity (Wildman–Crippen MR) is 68.4 cm³/mol. The average molecular weight is 264 g/mol. The molecule has 1 atom stereocenters. The Morgan fingerprint density at radius 3 is 2.56 bits per heavy atom. The van der Waals surface area contributed by atoms with Crippen LogP contribution in [0.15, 0.2) is 42.7 Å². The Balaban J connectivity index is 2.32. The van der Waals surface area contributed by atoms with Crippen molar-refractivity contribution >= 4 is 17.4 Å². The number of aromatic nitrogens is 1. The van der Waals surface area contributed by atoms with Gasteiger partial charge < -0.3 is 0 Å². The normalized spacial score (nSPS) is 12.2. The summed E-state index contributed by atoms with van der Waals surface area (Å²) in [5.41, 5.74) is 1.19. The zero-order chi connectivity index (χ0) is 13.1. The fourth-order valence-electron chi connectivity index (χ4n) is 1.73. The number of halogens is 2. The van der Waals surface area contributed by atoms with Crippen LogP contribution >= 0.6 is 11.6 Å². The molecule has 0 aliphatic heterocycles. The van der Waals surface area contributed by atoms with E-state index in [0.29, 0.717) is 5.56 Å². The third-order valence-electron chi connectivity index (χ3n) is 2.80. The van der Waals surface area contributed by atoms with Crippen LogP contribution in [0.4, 0.5) is 4.39 Å². The van der Waals surface area contributed by atoms with E-state index >= 15 is 0 Å². The van der Waals surface area contributed by atoms with Crippen LogP contribution in [-0.2, 0) is 0 Å². The van der Waals surface area contributed by atoms with Crippen molar-refractivity contribution in [1.29, 1.82) is 0 Å². The van der Waals surface area contributed by atoms with Crippen LogP contribution in [0.2, 0.25) is 5.02 Å². The van der Waals surface area contributed by atoms with E-state index in [-0.39, 0.29) is 16.7 Å². The summed E-state index contributed by atoms with van der Waals surface area (Å²) in [7, 11) is 0. The van der Waals surface area contributed by atoms with Gasteiger partial charge in [-0.3, -0.25) is 9.78 Å². The average Bonchev–Trinajstić information content (AvgIpc) is 2.38. The molecule has 1 heterocycles. The highest BCUT2D eigenvalue weighted by Gasteiger charge is 2.19. The minimum Gasteiger partial charge on any atom is -0.293 e. The molecule has 4 heteroatoms. The van der Waals surface area contributed by atoms with Crippen LogP contribution in [0.3, 0.4) is 0 Å². The Morgan fingerprint density at radius 1 is 1.28 bits per heavy atom. The van der Waals surface area contributed by atoms with Crippen molar-refractivity contribution in [2.75, 3.05) is 0 Å². The first-order valence-corrected chi connectivity index (χ1v) is 5.86. The molecule has 0 spiro atoms. The molecule has 0 aliphatic carbocycles. The van der Waals surface area contributed by atoms with E-state index in [9.17, 15) is 9.18 Å². The van der Waals surface area contributed by atoms with Gasteiger partial charge in [0.15, 0.2) is 5.78 Å². The molecule has 92 valence electrons. The standard InChI is InChI=1S/C14H11ClFNO/c1-9(10-4-6-17-7-5-10)14(18)12-3-2-11(16)8-13(12)15/h2-9H,1H3. The maximum atomic E-state index is 12.9. The molecule has 2 nitrogen and oxygen atoms in total. The first-order valence-electron chi connectivity index (χ1n) is 5.49. The molecule has 0 saturated carbocycles. The fraction of sp³-hybridized carbons (Fsp3) is 0.143. The molecular weight excluding hydrogens is 253 g/mol.